The van der Waals surface area contributed by atoms with E-state index < -0.39 is 5.97 Å². The number of carboxylic acids is 1. The number of carbonyl (C=O) groups is 1. The third-order valence-corrected chi connectivity index (χ3v) is 3.04. The zero-order valence-corrected chi connectivity index (χ0v) is 9.02. The fourth-order valence-electron chi connectivity index (χ4n) is 1.67. The first-order chi connectivity index (χ1) is 6.09. The Balaban J connectivity index is 2.49. The molecule has 0 bridgehead atoms. The largest absolute Gasteiger partial charge is 0.478 e. The molecule has 0 saturated carbocycles. The van der Waals surface area contributed by atoms with E-state index in [1.807, 2.05) is 6.92 Å². The first kappa shape index (κ1) is 10.7. The summed E-state index contributed by atoms with van der Waals surface area (Å²) in [7, 11) is 2.69. The van der Waals surface area contributed by atoms with Crippen molar-refractivity contribution < 1.29 is 9.90 Å². The molecule has 0 radical (unpaired) electrons. The molecule has 1 unspecified atom stereocenters. The van der Waals surface area contributed by atoms with Crippen molar-refractivity contribution in [2.75, 3.05) is 13.1 Å². The highest BCUT2D eigenvalue weighted by atomic mass is 31.0. The van der Waals surface area contributed by atoms with Crippen molar-refractivity contribution in [1.82, 2.24) is 4.67 Å². The fourth-order valence-corrected chi connectivity index (χ4v) is 1.97. The van der Waals surface area contributed by atoms with Gasteiger partial charge in [0.1, 0.15) is 0 Å². The molecule has 0 spiro atoms. The van der Waals surface area contributed by atoms with Crippen LogP contribution in [0.25, 0.3) is 0 Å². The Hall–Kier alpha value is -0.400. The number of hydrogen-bond acceptors (Lipinski definition) is 2. The normalized spacial score (nSPS) is 21.8. The summed E-state index contributed by atoms with van der Waals surface area (Å²) in [6, 6.07) is 0. The second kappa shape index (κ2) is 4.73. The van der Waals surface area contributed by atoms with Crippen LogP contribution in [-0.2, 0) is 4.79 Å². The van der Waals surface area contributed by atoms with E-state index in [0.717, 1.165) is 31.5 Å². The van der Waals surface area contributed by atoms with E-state index in [1.54, 1.807) is 0 Å². The van der Waals surface area contributed by atoms with Crippen molar-refractivity contribution in [3.63, 3.8) is 0 Å². The van der Waals surface area contributed by atoms with Gasteiger partial charge in [0.2, 0.25) is 0 Å². The summed E-state index contributed by atoms with van der Waals surface area (Å²) in [6.07, 6.45) is 3.47. The van der Waals surface area contributed by atoms with Crippen molar-refractivity contribution in [3.8, 4) is 0 Å². The lowest BCUT2D eigenvalue weighted by molar-refractivity contribution is -0.131. The predicted molar refractivity (Wildman–Crippen MR) is 55.4 cm³/mol. The average molecular weight is 201 g/mol. The number of piperidine rings is 1. The van der Waals surface area contributed by atoms with Gasteiger partial charge < -0.3 is 5.11 Å². The summed E-state index contributed by atoms with van der Waals surface area (Å²) < 4.78 is 2.20. The minimum atomic E-state index is -0.828. The van der Waals surface area contributed by atoms with Crippen molar-refractivity contribution in [3.05, 3.63) is 11.6 Å². The zero-order valence-electron chi connectivity index (χ0n) is 7.86. The lowest BCUT2D eigenvalue weighted by Gasteiger charge is -2.29. The molecule has 1 atom stereocenters. The minimum absolute atomic E-state index is 0.466. The Kier molecular flexibility index (Phi) is 3.89. The molecule has 0 aromatic heterocycles. The molecule has 3 nitrogen and oxygen atoms in total. The third-order valence-electron chi connectivity index (χ3n) is 2.52. The van der Waals surface area contributed by atoms with E-state index >= 15 is 0 Å². The van der Waals surface area contributed by atoms with Crippen LogP contribution in [-0.4, -0.2) is 28.8 Å². The third kappa shape index (κ3) is 3.45. The van der Waals surface area contributed by atoms with Crippen LogP contribution in [0.1, 0.15) is 19.8 Å². The van der Waals surface area contributed by atoms with Gasteiger partial charge in [0.05, 0.1) is 0 Å². The van der Waals surface area contributed by atoms with E-state index in [2.05, 4.69) is 14.1 Å². The van der Waals surface area contributed by atoms with Gasteiger partial charge in [-0.25, -0.2) is 4.79 Å². The molecule has 1 fully saturated rings. The van der Waals surface area contributed by atoms with E-state index in [-0.39, 0.29) is 0 Å². The number of allylic oxidation sites excluding steroid dienone is 1. The summed E-state index contributed by atoms with van der Waals surface area (Å²) in [5.41, 5.74) is 1.01. The lowest BCUT2D eigenvalue weighted by atomic mass is 9.91. The second-order valence-corrected chi connectivity index (χ2v) is 4.27. The summed E-state index contributed by atoms with van der Waals surface area (Å²) in [5.74, 6) is -0.362. The highest BCUT2D eigenvalue weighted by Gasteiger charge is 2.18. The molecule has 0 aliphatic carbocycles. The number of hydrogen-bond donors (Lipinski definition) is 1. The highest BCUT2D eigenvalue weighted by Crippen LogP contribution is 2.25. The molecular formula is C9H16NO2P. The van der Waals surface area contributed by atoms with Gasteiger partial charge in [0, 0.05) is 19.2 Å². The summed E-state index contributed by atoms with van der Waals surface area (Å²) >= 11 is 0. The Labute approximate surface area is 81.1 Å². The molecule has 1 aliphatic rings. The highest BCUT2D eigenvalue weighted by molar-refractivity contribution is 7.13. The van der Waals surface area contributed by atoms with Crippen molar-refractivity contribution in [2.45, 2.75) is 19.8 Å². The van der Waals surface area contributed by atoms with Gasteiger partial charge in [-0.2, -0.15) is 0 Å². The van der Waals surface area contributed by atoms with Crippen LogP contribution in [0.2, 0.25) is 0 Å². The summed E-state index contributed by atoms with van der Waals surface area (Å²) in [4.78, 5) is 10.4. The first-order valence-electron chi connectivity index (χ1n) is 4.50. The van der Waals surface area contributed by atoms with Crippen LogP contribution in [0.15, 0.2) is 11.6 Å². The van der Waals surface area contributed by atoms with Crippen molar-refractivity contribution in [1.29, 1.82) is 0 Å². The average Bonchev–Trinajstić information content (AvgIpc) is 2.04. The SMILES string of the molecule is C/C(=C\C(=O)O)C1CCN(P)CC1. The molecule has 1 heterocycles. The van der Waals surface area contributed by atoms with E-state index in [4.69, 9.17) is 5.11 Å². The lowest BCUT2D eigenvalue weighted by Crippen LogP contribution is -2.26. The molecule has 1 N–H and O–H groups in total. The van der Waals surface area contributed by atoms with Crippen LogP contribution in [0.3, 0.4) is 0 Å². The molecule has 0 amide bonds. The predicted octanol–water partition coefficient (Wildman–Crippen LogP) is 1.52. The molecule has 1 aliphatic heterocycles. The van der Waals surface area contributed by atoms with Crippen LogP contribution in [0.4, 0.5) is 0 Å². The number of aliphatic carboxylic acids is 1. The first-order valence-corrected chi connectivity index (χ1v) is 5.02. The summed E-state index contributed by atoms with van der Waals surface area (Å²) in [6.45, 7) is 4.00. The maximum Gasteiger partial charge on any atom is 0.328 e. The second-order valence-electron chi connectivity index (χ2n) is 3.54. The topological polar surface area (TPSA) is 40.5 Å². The van der Waals surface area contributed by atoms with Gasteiger partial charge in [0.15, 0.2) is 0 Å². The van der Waals surface area contributed by atoms with Crippen molar-refractivity contribution >= 4 is 15.4 Å². The quantitative estimate of drug-likeness (QED) is 0.544. The Morgan fingerprint density at radius 2 is 2.08 bits per heavy atom. The smallest absolute Gasteiger partial charge is 0.328 e. The monoisotopic (exact) mass is 201 g/mol. The molecule has 1 rings (SSSR count). The van der Waals surface area contributed by atoms with Crippen molar-refractivity contribution in [2.24, 2.45) is 5.92 Å². The maximum absolute atomic E-state index is 10.4. The van der Waals surface area contributed by atoms with Gasteiger partial charge in [-0.1, -0.05) is 15.0 Å². The molecule has 0 aromatic carbocycles. The molecule has 4 heteroatoms. The molecular weight excluding hydrogens is 185 g/mol. The summed E-state index contributed by atoms with van der Waals surface area (Å²) in [5, 5.41) is 8.58. The van der Waals surface area contributed by atoms with Gasteiger partial charge in [-0.15, -0.1) is 0 Å². The van der Waals surface area contributed by atoms with Crippen LogP contribution in [0.5, 0.6) is 0 Å². The zero-order chi connectivity index (χ0) is 9.84. The van der Waals surface area contributed by atoms with Gasteiger partial charge in [-0.05, 0) is 25.7 Å². The molecule has 74 valence electrons. The molecule has 13 heavy (non-hydrogen) atoms. The Morgan fingerprint density at radius 3 is 2.54 bits per heavy atom. The Bertz CT molecular complexity index is 220. The van der Waals surface area contributed by atoms with Gasteiger partial charge in [-0.3, -0.25) is 4.67 Å². The Morgan fingerprint density at radius 1 is 1.54 bits per heavy atom. The number of carboxylic acid groups (broad SMARTS) is 1. The van der Waals surface area contributed by atoms with Crippen LogP contribution in [0, 0.1) is 5.92 Å². The van der Waals surface area contributed by atoms with Crippen LogP contribution >= 0.6 is 9.39 Å². The minimum Gasteiger partial charge on any atom is -0.478 e. The van der Waals surface area contributed by atoms with E-state index in [1.165, 1.54) is 6.08 Å². The van der Waals surface area contributed by atoms with Gasteiger partial charge in [0.25, 0.3) is 0 Å². The van der Waals surface area contributed by atoms with Crippen LogP contribution < -0.4 is 0 Å². The van der Waals surface area contributed by atoms with E-state index in [9.17, 15) is 4.79 Å². The molecule has 1 saturated heterocycles. The maximum atomic E-state index is 10.4. The number of rotatable bonds is 2. The standard InChI is InChI=1S/C9H16NO2P/c1-7(6-9(11)12)8-2-4-10(13)5-3-8/h6,8H,2-5,13H2,1H3,(H,11,12)/b7-6+. The number of nitrogens with zero attached hydrogens (tertiary/aromatic N) is 1. The van der Waals surface area contributed by atoms with E-state index in [0.29, 0.717) is 5.92 Å². The van der Waals surface area contributed by atoms with Gasteiger partial charge >= 0.3 is 5.97 Å². The fraction of sp³-hybridized carbons (Fsp3) is 0.667. The molecule has 0 aromatic rings.